The third kappa shape index (κ3) is 3.66. The van der Waals surface area contributed by atoms with Crippen molar-refractivity contribution in [2.45, 2.75) is 12.5 Å². The quantitative estimate of drug-likeness (QED) is 0.648. The van der Waals surface area contributed by atoms with Gasteiger partial charge in [0.2, 0.25) is 0 Å². The summed E-state index contributed by atoms with van der Waals surface area (Å²) in [7, 11) is 0. The fourth-order valence-electron chi connectivity index (χ4n) is 3.52. The van der Waals surface area contributed by atoms with Crippen LogP contribution in [0.15, 0.2) is 82.5 Å². The molecule has 2 heterocycles. The molecule has 2 aromatic carbocycles. The maximum absolute atomic E-state index is 9.47. The Labute approximate surface area is 167 Å². The van der Waals surface area contributed by atoms with E-state index >= 15 is 0 Å². The number of nitrogens with zero attached hydrogens (tertiary/aromatic N) is 3. The molecule has 0 saturated heterocycles. The van der Waals surface area contributed by atoms with E-state index in [2.05, 4.69) is 62.2 Å². The molecule has 1 atom stereocenters. The fourth-order valence-corrected chi connectivity index (χ4v) is 3.90. The number of aliphatic imine (C=N–C) groups is 1. The Morgan fingerprint density at radius 2 is 1.78 bits per heavy atom. The maximum Gasteiger partial charge on any atom is 0.137 e. The van der Waals surface area contributed by atoms with E-state index in [1.165, 1.54) is 5.56 Å². The molecule has 136 valence electrons. The van der Waals surface area contributed by atoms with E-state index in [4.69, 9.17) is 4.99 Å². The van der Waals surface area contributed by atoms with Crippen LogP contribution in [0.4, 0.5) is 5.69 Å². The molecule has 0 fully saturated rings. The first-order chi connectivity index (χ1) is 13.3. The average molecular weight is 422 g/mol. The van der Waals surface area contributed by atoms with Crippen LogP contribution < -0.4 is 0 Å². The minimum atomic E-state index is 0.0333. The third-order valence-corrected chi connectivity index (χ3v) is 5.20. The van der Waals surface area contributed by atoms with Crippen molar-refractivity contribution in [3.05, 3.63) is 94.2 Å². The second-order valence-corrected chi connectivity index (χ2v) is 7.37. The molecule has 0 amide bonds. The Kier molecular flexibility index (Phi) is 5.32. The Balaban J connectivity index is 1.92. The highest BCUT2D eigenvalue weighted by molar-refractivity contribution is 9.10. The van der Waals surface area contributed by atoms with Crippen LogP contribution in [-0.2, 0) is 0 Å². The van der Waals surface area contributed by atoms with Crippen molar-refractivity contribution >= 4 is 27.5 Å². The number of halogens is 1. The fraction of sp³-hybridized carbons (Fsp3) is 0.182. The summed E-state index contributed by atoms with van der Waals surface area (Å²) in [4.78, 5) is 11.4. The standard InChI is InChI=1S/C22H20BrN3O/c23-18-7-8-20-19(15-18)21(16-5-2-1-3-6-16)26(13-4-14-27)22(25-20)17-9-11-24-12-10-17/h1-3,5-12,15,21,27H,4,13-14H2. The molecule has 1 aliphatic heterocycles. The first-order valence-corrected chi connectivity index (χ1v) is 9.78. The minimum Gasteiger partial charge on any atom is -0.396 e. The van der Waals surface area contributed by atoms with Gasteiger partial charge in [0.25, 0.3) is 0 Å². The second kappa shape index (κ2) is 8.03. The second-order valence-electron chi connectivity index (χ2n) is 6.46. The average Bonchev–Trinajstić information content (AvgIpc) is 2.72. The van der Waals surface area contributed by atoms with Gasteiger partial charge in [-0.3, -0.25) is 4.98 Å². The predicted molar refractivity (Wildman–Crippen MR) is 111 cm³/mol. The van der Waals surface area contributed by atoms with Crippen LogP contribution in [0.25, 0.3) is 0 Å². The largest absolute Gasteiger partial charge is 0.396 e. The highest BCUT2D eigenvalue weighted by Gasteiger charge is 2.31. The maximum atomic E-state index is 9.47. The Hall–Kier alpha value is -2.50. The number of amidine groups is 1. The first-order valence-electron chi connectivity index (χ1n) is 8.99. The van der Waals surface area contributed by atoms with Gasteiger partial charge in [-0.2, -0.15) is 0 Å². The number of rotatable bonds is 5. The zero-order valence-corrected chi connectivity index (χ0v) is 16.4. The summed E-state index contributed by atoms with van der Waals surface area (Å²) in [5.74, 6) is 0.912. The van der Waals surface area contributed by atoms with Crippen LogP contribution in [0, 0.1) is 0 Å². The van der Waals surface area contributed by atoms with Crippen LogP contribution in [-0.4, -0.2) is 34.0 Å². The number of aliphatic hydroxyl groups is 1. The van der Waals surface area contributed by atoms with Crippen molar-refractivity contribution in [1.29, 1.82) is 0 Å². The molecule has 1 unspecified atom stereocenters. The molecule has 0 saturated carbocycles. The first kappa shape index (κ1) is 17.9. The van der Waals surface area contributed by atoms with E-state index in [1.807, 2.05) is 24.3 Å². The molecule has 1 aromatic heterocycles. The molecule has 0 spiro atoms. The van der Waals surface area contributed by atoms with Crippen molar-refractivity contribution in [3.63, 3.8) is 0 Å². The van der Waals surface area contributed by atoms with Crippen LogP contribution in [0.5, 0.6) is 0 Å². The van der Waals surface area contributed by atoms with E-state index in [0.717, 1.165) is 27.1 Å². The SMILES string of the molecule is OCCCN1C(c2ccncc2)=Nc2ccc(Br)cc2C1c1ccccc1. The van der Waals surface area contributed by atoms with Gasteiger partial charge >= 0.3 is 0 Å². The monoisotopic (exact) mass is 421 g/mol. The topological polar surface area (TPSA) is 48.7 Å². The number of hydrogen-bond donors (Lipinski definition) is 1. The Morgan fingerprint density at radius 3 is 2.52 bits per heavy atom. The summed E-state index contributed by atoms with van der Waals surface area (Å²) < 4.78 is 1.03. The summed E-state index contributed by atoms with van der Waals surface area (Å²) in [6.07, 6.45) is 4.25. The summed E-state index contributed by atoms with van der Waals surface area (Å²) in [6.45, 7) is 0.857. The zero-order valence-electron chi connectivity index (χ0n) is 14.8. The van der Waals surface area contributed by atoms with Gasteiger partial charge in [0.15, 0.2) is 0 Å². The molecule has 27 heavy (non-hydrogen) atoms. The normalized spacial score (nSPS) is 16.0. The molecule has 0 aliphatic carbocycles. The number of aliphatic hydroxyl groups excluding tert-OH is 1. The molecule has 1 aliphatic rings. The van der Waals surface area contributed by atoms with Crippen molar-refractivity contribution in [2.75, 3.05) is 13.2 Å². The lowest BCUT2D eigenvalue weighted by Crippen LogP contribution is -2.39. The number of aromatic nitrogens is 1. The van der Waals surface area contributed by atoms with Crippen molar-refractivity contribution in [1.82, 2.24) is 9.88 Å². The van der Waals surface area contributed by atoms with E-state index in [-0.39, 0.29) is 12.6 Å². The Bertz CT molecular complexity index is 944. The van der Waals surface area contributed by atoms with Gasteiger partial charge in [0.1, 0.15) is 5.84 Å². The number of hydrogen-bond acceptors (Lipinski definition) is 4. The summed E-state index contributed by atoms with van der Waals surface area (Å²) in [5, 5.41) is 9.47. The van der Waals surface area contributed by atoms with Crippen LogP contribution in [0.1, 0.15) is 29.2 Å². The highest BCUT2D eigenvalue weighted by Crippen LogP contribution is 2.41. The number of pyridine rings is 1. The van der Waals surface area contributed by atoms with E-state index in [9.17, 15) is 5.11 Å². The smallest absolute Gasteiger partial charge is 0.137 e. The molecular weight excluding hydrogens is 402 g/mol. The van der Waals surface area contributed by atoms with Gasteiger partial charge in [-0.15, -0.1) is 0 Å². The minimum absolute atomic E-state index is 0.0333. The lowest BCUT2D eigenvalue weighted by atomic mass is 9.93. The number of fused-ring (bicyclic) bond motifs is 1. The van der Waals surface area contributed by atoms with Crippen molar-refractivity contribution in [3.8, 4) is 0 Å². The van der Waals surface area contributed by atoms with Crippen molar-refractivity contribution < 1.29 is 5.11 Å². The lowest BCUT2D eigenvalue weighted by molar-refractivity contribution is 0.254. The summed E-state index contributed by atoms with van der Waals surface area (Å²) in [5.41, 5.74) is 4.36. The van der Waals surface area contributed by atoms with Gasteiger partial charge in [0.05, 0.1) is 11.7 Å². The van der Waals surface area contributed by atoms with E-state index in [0.29, 0.717) is 13.0 Å². The number of benzene rings is 2. The van der Waals surface area contributed by atoms with E-state index in [1.54, 1.807) is 12.4 Å². The van der Waals surface area contributed by atoms with Gasteiger partial charge in [0, 0.05) is 41.1 Å². The molecule has 0 radical (unpaired) electrons. The molecule has 1 N–H and O–H groups in total. The summed E-state index contributed by atoms with van der Waals surface area (Å²) in [6, 6.07) is 20.7. The molecule has 0 bridgehead atoms. The van der Waals surface area contributed by atoms with Gasteiger partial charge in [-0.05, 0) is 42.3 Å². The molecular formula is C22H20BrN3O. The summed E-state index contributed by atoms with van der Waals surface area (Å²) >= 11 is 3.61. The van der Waals surface area contributed by atoms with Crippen molar-refractivity contribution in [2.24, 2.45) is 4.99 Å². The van der Waals surface area contributed by atoms with Gasteiger partial charge in [-0.1, -0.05) is 46.3 Å². The zero-order chi connectivity index (χ0) is 18.6. The van der Waals surface area contributed by atoms with Crippen LogP contribution in [0.3, 0.4) is 0 Å². The van der Waals surface area contributed by atoms with Gasteiger partial charge < -0.3 is 10.0 Å². The predicted octanol–water partition coefficient (Wildman–Crippen LogP) is 4.71. The molecule has 4 rings (SSSR count). The Morgan fingerprint density at radius 1 is 1.00 bits per heavy atom. The lowest BCUT2D eigenvalue weighted by Gasteiger charge is -2.39. The molecule has 3 aromatic rings. The highest BCUT2D eigenvalue weighted by atomic mass is 79.9. The van der Waals surface area contributed by atoms with Crippen LogP contribution >= 0.6 is 15.9 Å². The molecule has 5 heteroatoms. The molecule has 4 nitrogen and oxygen atoms in total. The third-order valence-electron chi connectivity index (χ3n) is 4.71. The van der Waals surface area contributed by atoms with E-state index < -0.39 is 0 Å². The van der Waals surface area contributed by atoms with Crippen LogP contribution in [0.2, 0.25) is 0 Å². The van der Waals surface area contributed by atoms with Gasteiger partial charge in [-0.25, -0.2) is 4.99 Å².